The van der Waals surface area contributed by atoms with E-state index in [1.165, 1.54) is 14.1 Å². The van der Waals surface area contributed by atoms with Crippen molar-refractivity contribution in [1.82, 2.24) is 4.31 Å². The number of nitrogens with zero attached hydrogens (tertiary/aromatic N) is 2. The number of carbonyl (C=O) groups is 1. The van der Waals surface area contributed by atoms with Crippen LogP contribution in [-0.4, -0.2) is 45.3 Å². The molecule has 1 aromatic rings. The first-order chi connectivity index (χ1) is 10.5. The Hall–Kier alpha value is -1.44. The number of fused-ring (bicyclic) bond motifs is 1. The quantitative estimate of drug-likeness (QED) is 0.897. The van der Waals surface area contributed by atoms with Crippen molar-refractivity contribution in [3.05, 3.63) is 23.8 Å². The van der Waals surface area contributed by atoms with Gasteiger partial charge >= 0.3 is 0 Å². The lowest BCUT2D eigenvalue weighted by atomic mass is 9.86. The molecule has 0 saturated heterocycles. The molecular formula is C16H25N3O3S. The summed E-state index contributed by atoms with van der Waals surface area (Å²) in [5.41, 5.74) is 7.35. The van der Waals surface area contributed by atoms with Gasteiger partial charge in [0.1, 0.15) is 0 Å². The minimum absolute atomic E-state index is 0.171. The van der Waals surface area contributed by atoms with Gasteiger partial charge < -0.3 is 10.6 Å². The van der Waals surface area contributed by atoms with Crippen molar-refractivity contribution >= 4 is 21.6 Å². The van der Waals surface area contributed by atoms with E-state index in [9.17, 15) is 13.2 Å². The monoisotopic (exact) mass is 339 g/mol. The van der Waals surface area contributed by atoms with E-state index in [1.54, 1.807) is 23.1 Å². The summed E-state index contributed by atoms with van der Waals surface area (Å²) in [5.74, 6) is -0.171. The van der Waals surface area contributed by atoms with E-state index in [0.717, 1.165) is 9.87 Å². The number of hydrogen-bond acceptors (Lipinski definition) is 4. The lowest BCUT2D eigenvalue weighted by Crippen LogP contribution is -2.50. The van der Waals surface area contributed by atoms with Gasteiger partial charge in [-0.2, -0.15) is 0 Å². The van der Waals surface area contributed by atoms with Crippen LogP contribution in [0.25, 0.3) is 0 Å². The third-order valence-corrected chi connectivity index (χ3v) is 6.01. The molecule has 0 fully saturated rings. The molecule has 23 heavy (non-hydrogen) atoms. The second-order valence-corrected chi connectivity index (χ2v) is 9.31. The van der Waals surface area contributed by atoms with E-state index in [0.29, 0.717) is 18.7 Å². The van der Waals surface area contributed by atoms with Crippen LogP contribution in [0, 0.1) is 5.41 Å². The SMILES string of the molecule is CN(C)S(=O)(=O)c1ccc2c(c1)N(C(=O)[C@@H](N)C(C)(C)C)CC2. The largest absolute Gasteiger partial charge is 0.319 e. The van der Waals surface area contributed by atoms with Crippen molar-refractivity contribution < 1.29 is 13.2 Å². The Bertz CT molecular complexity index is 721. The van der Waals surface area contributed by atoms with Crippen LogP contribution >= 0.6 is 0 Å². The first-order valence-electron chi connectivity index (χ1n) is 7.58. The van der Waals surface area contributed by atoms with Gasteiger partial charge in [0.05, 0.1) is 10.9 Å². The molecule has 1 aliphatic rings. The number of carbonyl (C=O) groups excluding carboxylic acids is 1. The zero-order chi connectivity index (χ0) is 17.6. The maximum Gasteiger partial charge on any atom is 0.244 e. The molecule has 1 heterocycles. The van der Waals surface area contributed by atoms with E-state index in [4.69, 9.17) is 5.73 Å². The molecule has 0 bridgehead atoms. The predicted octanol–water partition coefficient (Wildman–Crippen LogP) is 1.20. The molecule has 0 saturated carbocycles. The molecule has 1 amide bonds. The van der Waals surface area contributed by atoms with Gasteiger partial charge in [0.15, 0.2) is 0 Å². The number of benzene rings is 1. The fraction of sp³-hybridized carbons (Fsp3) is 0.562. The maximum atomic E-state index is 12.7. The van der Waals surface area contributed by atoms with Gasteiger partial charge in [-0.25, -0.2) is 12.7 Å². The normalized spacial score (nSPS) is 16.6. The van der Waals surface area contributed by atoms with E-state index in [2.05, 4.69) is 0 Å². The van der Waals surface area contributed by atoms with Crippen LogP contribution in [0.4, 0.5) is 5.69 Å². The first kappa shape index (κ1) is 17.9. The number of anilines is 1. The van der Waals surface area contributed by atoms with E-state index in [1.807, 2.05) is 20.8 Å². The van der Waals surface area contributed by atoms with Crippen LogP contribution in [0.5, 0.6) is 0 Å². The Morgan fingerprint density at radius 3 is 2.43 bits per heavy atom. The maximum absolute atomic E-state index is 12.7. The highest BCUT2D eigenvalue weighted by Gasteiger charge is 2.35. The van der Waals surface area contributed by atoms with Crippen LogP contribution < -0.4 is 10.6 Å². The summed E-state index contributed by atoms with van der Waals surface area (Å²) < 4.78 is 25.8. The summed E-state index contributed by atoms with van der Waals surface area (Å²) in [6.07, 6.45) is 0.709. The Morgan fingerprint density at radius 1 is 1.30 bits per heavy atom. The molecular weight excluding hydrogens is 314 g/mol. The van der Waals surface area contributed by atoms with Gasteiger partial charge in [-0.05, 0) is 29.5 Å². The van der Waals surface area contributed by atoms with E-state index < -0.39 is 16.1 Å². The molecule has 2 N–H and O–H groups in total. The Morgan fingerprint density at radius 2 is 1.91 bits per heavy atom. The average molecular weight is 339 g/mol. The van der Waals surface area contributed by atoms with Crippen LogP contribution in [0.3, 0.4) is 0 Å². The molecule has 0 spiro atoms. The third-order valence-electron chi connectivity index (χ3n) is 4.20. The number of nitrogens with two attached hydrogens (primary N) is 1. The summed E-state index contributed by atoms with van der Waals surface area (Å²) >= 11 is 0. The van der Waals surface area contributed by atoms with Crippen LogP contribution in [0.15, 0.2) is 23.1 Å². The van der Waals surface area contributed by atoms with Gasteiger partial charge in [-0.1, -0.05) is 26.8 Å². The highest BCUT2D eigenvalue weighted by molar-refractivity contribution is 7.89. The summed E-state index contributed by atoms with van der Waals surface area (Å²) in [5, 5.41) is 0. The molecule has 0 aromatic heterocycles. The van der Waals surface area contributed by atoms with Crippen molar-refractivity contribution in [2.45, 2.75) is 38.1 Å². The van der Waals surface area contributed by atoms with Crippen molar-refractivity contribution in [3.8, 4) is 0 Å². The summed E-state index contributed by atoms with van der Waals surface area (Å²) in [6.45, 7) is 6.28. The fourth-order valence-corrected chi connectivity index (χ4v) is 3.42. The molecule has 1 atom stereocenters. The molecule has 128 valence electrons. The molecule has 7 heteroatoms. The molecule has 0 radical (unpaired) electrons. The van der Waals surface area contributed by atoms with Gasteiger partial charge in [0, 0.05) is 26.3 Å². The topological polar surface area (TPSA) is 83.7 Å². The third kappa shape index (κ3) is 3.27. The second kappa shape index (κ2) is 5.89. The lowest BCUT2D eigenvalue weighted by Gasteiger charge is -2.30. The minimum Gasteiger partial charge on any atom is -0.319 e. The predicted molar refractivity (Wildman–Crippen MR) is 90.8 cm³/mol. The molecule has 0 aliphatic carbocycles. The zero-order valence-corrected chi connectivity index (χ0v) is 15.1. The van der Waals surface area contributed by atoms with Crippen LogP contribution in [0.1, 0.15) is 26.3 Å². The minimum atomic E-state index is -3.53. The van der Waals surface area contributed by atoms with E-state index in [-0.39, 0.29) is 16.2 Å². The van der Waals surface area contributed by atoms with Crippen molar-refractivity contribution in [2.24, 2.45) is 11.1 Å². The van der Waals surface area contributed by atoms with Gasteiger partial charge in [-0.15, -0.1) is 0 Å². The number of hydrogen-bond donors (Lipinski definition) is 1. The molecule has 6 nitrogen and oxygen atoms in total. The Labute approximate surface area is 138 Å². The number of sulfonamides is 1. The van der Waals surface area contributed by atoms with Gasteiger partial charge in [0.2, 0.25) is 15.9 Å². The first-order valence-corrected chi connectivity index (χ1v) is 9.02. The van der Waals surface area contributed by atoms with Crippen molar-refractivity contribution in [1.29, 1.82) is 0 Å². The summed E-state index contributed by atoms with van der Waals surface area (Å²) in [4.78, 5) is 14.5. The summed E-state index contributed by atoms with van der Waals surface area (Å²) in [7, 11) is -0.558. The average Bonchev–Trinajstić information content (AvgIpc) is 2.87. The fourth-order valence-electron chi connectivity index (χ4n) is 2.50. The van der Waals surface area contributed by atoms with Crippen molar-refractivity contribution in [2.75, 3.05) is 25.5 Å². The molecule has 1 aromatic carbocycles. The zero-order valence-electron chi connectivity index (χ0n) is 14.3. The van der Waals surface area contributed by atoms with Gasteiger partial charge in [0.25, 0.3) is 0 Å². The molecule has 2 rings (SSSR count). The van der Waals surface area contributed by atoms with E-state index >= 15 is 0 Å². The highest BCUT2D eigenvalue weighted by Crippen LogP contribution is 2.33. The standard InChI is InChI=1S/C16H25N3O3S/c1-16(2,3)14(17)15(20)19-9-8-11-6-7-12(10-13(11)19)23(21,22)18(4)5/h6-7,10,14H,8-9,17H2,1-5H3/t14-/m1/s1. The lowest BCUT2D eigenvalue weighted by molar-refractivity contribution is -0.121. The Kier molecular flexibility index (Phi) is 4.58. The molecule has 1 aliphatic heterocycles. The number of rotatable bonds is 3. The summed E-state index contributed by atoms with van der Waals surface area (Å²) in [6, 6.07) is 4.31. The van der Waals surface area contributed by atoms with Gasteiger partial charge in [-0.3, -0.25) is 4.79 Å². The molecule has 0 unspecified atom stereocenters. The number of amides is 1. The second-order valence-electron chi connectivity index (χ2n) is 7.16. The smallest absolute Gasteiger partial charge is 0.244 e. The highest BCUT2D eigenvalue weighted by atomic mass is 32.2. The van der Waals surface area contributed by atoms with Crippen molar-refractivity contribution in [3.63, 3.8) is 0 Å². The van der Waals surface area contributed by atoms with Crippen LogP contribution in [-0.2, 0) is 21.2 Å². The van der Waals surface area contributed by atoms with Crippen LogP contribution in [0.2, 0.25) is 0 Å². The Balaban J connectivity index is 2.42.